The number of hydrogen-bond donors (Lipinski definition) is 2. The second-order valence-electron chi connectivity index (χ2n) is 10.5. The molecule has 3 heteroatoms. The van der Waals surface area contributed by atoms with Crippen molar-refractivity contribution in [3.8, 4) is 0 Å². The van der Waals surface area contributed by atoms with Crippen LogP contribution < -0.4 is 0 Å². The molecule has 4 aliphatic rings. The van der Waals surface area contributed by atoms with E-state index < -0.39 is 5.60 Å². The van der Waals surface area contributed by atoms with Gasteiger partial charge in [0.1, 0.15) is 0 Å². The number of carbonyl (C=O) groups is 1. The van der Waals surface area contributed by atoms with Crippen LogP contribution in [-0.2, 0) is 4.79 Å². The van der Waals surface area contributed by atoms with Crippen molar-refractivity contribution in [2.24, 2.45) is 17.3 Å². The van der Waals surface area contributed by atoms with Crippen molar-refractivity contribution < 1.29 is 15.0 Å². The highest BCUT2D eigenvalue weighted by atomic mass is 16.3. The Bertz CT molecular complexity index is 982. The zero-order valence-corrected chi connectivity index (χ0v) is 18.7. The van der Waals surface area contributed by atoms with E-state index in [4.69, 9.17) is 0 Å². The maximum atomic E-state index is 12.1. The summed E-state index contributed by atoms with van der Waals surface area (Å²) >= 11 is 0. The van der Waals surface area contributed by atoms with Crippen molar-refractivity contribution in [1.82, 2.24) is 0 Å². The molecular weight excluding hydrogens is 384 g/mol. The molecule has 0 radical (unpaired) electrons. The first kappa shape index (κ1) is 20.9. The van der Waals surface area contributed by atoms with E-state index in [-0.39, 0.29) is 23.7 Å². The summed E-state index contributed by atoms with van der Waals surface area (Å²) in [5, 5.41) is 21.1. The van der Waals surface area contributed by atoms with Crippen LogP contribution >= 0.6 is 0 Å². The van der Waals surface area contributed by atoms with Crippen LogP contribution in [0.4, 0.5) is 0 Å². The van der Waals surface area contributed by atoms with Gasteiger partial charge in [0.05, 0.1) is 12.2 Å². The molecule has 1 aromatic carbocycles. The Morgan fingerprint density at radius 1 is 1.13 bits per heavy atom. The number of aliphatic hydroxyl groups excluding tert-OH is 1. The summed E-state index contributed by atoms with van der Waals surface area (Å²) in [6.45, 7) is 4.37. The Hall–Kier alpha value is -1.97. The van der Waals surface area contributed by atoms with E-state index in [9.17, 15) is 15.0 Å². The predicted octanol–water partition coefficient (Wildman–Crippen LogP) is 5.17. The molecule has 1 aromatic rings. The summed E-state index contributed by atoms with van der Waals surface area (Å²) in [4.78, 5) is 12.1. The summed E-state index contributed by atoms with van der Waals surface area (Å²) in [6, 6.07) is 8.91. The Labute approximate surface area is 185 Å². The molecule has 2 fully saturated rings. The van der Waals surface area contributed by atoms with E-state index in [0.717, 1.165) is 38.5 Å². The summed E-state index contributed by atoms with van der Waals surface area (Å²) in [6.07, 6.45) is 11.7. The van der Waals surface area contributed by atoms with Crippen molar-refractivity contribution in [2.45, 2.75) is 70.3 Å². The number of carbonyl (C=O) groups excluding carboxylic acids is 1. The number of rotatable bonds is 3. The van der Waals surface area contributed by atoms with Gasteiger partial charge in [-0.15, -0.1) is 0 Å². The van der Waals surface area contributed by atoms with Crippen molar-refractivity contribution in [2.75, 3.05) is 6.61 Å². The predicted molar refractivity (Wildman–Crippen MR) is 123 cm³/mol. The second-order valence-corrected chi connectivity index (χ2v) is 10.5. The van der Waals surface area contributed by atoms with Crippen LogP contribution in [-0.4, -0.2) is 28.2 Å². The third-order valence-electron chi connectivity index (χ3n) is 8.93. The normalized spacial score (nSPS) is 37.5. The van der Waals surface area contributed by atoms with Crippen LogP contribution in [0, 0.1) is 24.2 Å². The molecule has 2 saturated carbocycles. The average molecular weight is 419 g/mol. The average Bonchev–Trinajstić information content (AvgIpc) is 3.02. The number of allylic oxidation sites excluding steroid dienone is 4. The zero-order valence-electron chi connectivity index (χ0n) is 18.7. The molecule has 0 spiro atoms. The van der Waals surface area contributed by atoms with Gasteiger partial charge in [-0.3, -0.25) is 4.79 Å². The maximum absolute atomic E-state index is 12.1. The molecule has 2 N–H and O–H groups in total. The van der Waals surface area contributed by atoms with Crippen LogP contribution in [0.3, 0.4) is 0 Å². The lowest BCUT2D eigenvalue weighted by Crippen LogP contribution is -2.50. The number of aryl methyl sites for hydroxylation is 1. The molecule has 0 bridgehead atoms. The molecule has 31 heavy (non-hydrogen) atoms. The van der Waals surface area contributed by atoms with Crippen molar-refractivity contribution in [3.05, 3.63) is 70.3 Å². The highest BCUT2D eigenvalue weighted by Gasteiger charge is 2.61. The SMILES string of the molecule is Cc1ccc([C@H]2C[C@@]3(C)C(CC[C@@]3(O)/C=C\CO)C3CCC4=CC(=O)CCC4=C32)cc1. The van der Waals surface area contributed by atoms with Gasteiger partial charge in [0.15, 0.2) is 5.78 Å². The van der Waals surface area contributed by atoms with Gasteiger partial charge < -0.3 is 10.2 Å². The molecule has 5 atom stereocenters. The minimum Gasteiger partial charge on any atom is -0.392 e. The number of ketones is 1. The first-order valence-electron chi connectivity index (χ1n) is 11.9. The Morgan fingerprint density at radius 2 is 1.90 bits per heavy atom. The van der Waals surface area contributed by atoms with Crippen LogP contribution in [0.1, 0.15) is 68.9 Å². The Balaban J connectivity index is 1.67. The molecule has 3 nitrogen and oxygen atoms in total. The summed E-state index contributed by atoms with van der Waals surface area (Å²) in [5.41, 5.74) is 5.77. The zero-order chi connectivity index (χ0) is 21.8. The van der Waals surface area contributed by atoms with E-state index >= 15 is 0 Å². The highest BCUT2D eigenvalue weighted by molar-refractivity contribution is 5.93. The quantitative estimate of drug-likeness (QED) is 0.666. The van der Waals surface area contributed by atoms with E-state index in [1.807, 2.05) is 12.2 Å². The molecule has 0 heterocycles. The van der Waals surface area contributed by atoms with Gasteiger partial charge in [-0.2, -0.15) is 0 Å². The number of fused-ring (bicyclic) bond motifs is 4. The lowest BCUT2D eigenvalue weighted by molar-refractivity contribution is -0.114. The minimum absolute atomic E-state index is 0.0363. The van der Waals surface area contributed by atoms with Gasteiger partial charge in [-0.25, -0.2) is 0 Å². The molecule has 0 saturated heterocycles. The molecule has 2 unspecified atom stereocenters. The van der Waals surface area contributed by atoms with Gasteiger partial charge in [-0.1, -0.05) is 54.5 Å². The fourth-order valence-corrected chi connectivity index (χ4v) is 7.32. The van der Waals surface area contributed by atoms with Gasteiger partial charge >= 0.3 is 0 Å². The van der Waals surface area contributed by atoms with E-state index in [2.05, 4.69) is 38.1 Å². The molecule has 0 aliphatic heterocycles. The largest absolute Gasteiger partial charge is 0.392 e. The van der Waals surface area contributed by atoms with Crippen molar-refractivity contribution in [1.29, 1.82) is 0 Å². The standard InChI is InChI=1S/C28H34O3/c1-18-4-6-19(7-5-18)24-17-27(2)25(12-14-28(27,31)13-3-15-29)23-10-8-20-16-21(30)9-11-22(20)26(23)24/h3-7,13,16,23-25,29,31H,8-12,14-15,17H2,1-2H3/b13-3-/t23?,24-,25?,27+,28+/m1/s1. The number of benzene rings is 1. The van der Waals surface area contributed by atoms with Crippen LogP contribution in [0.25, 0.3) is 0 Å². The fourth-order valence-electron chi connectivity index (χ4n) is 7.32. The molecule has 0 amide bonds. The monoisotopic (exact) mass is 418 g/mol. The van der Waals surface area contributed by atoms with Gasteiger partial charge in [0.25, 0.3) is 0 Å². The van der Waals surface area contributed by atoms with Crippen LogP contribution in [0.15, 0.2) is 59.2 Å². The third kappa shape index (κ3) is 3.20. The van der Waals surface area contributed by atoms with E-state index in [0.29, 0.717) is 18.3 Å². The first-order valence-corrected chi connectivity index (χ1v) is 11.9. The minimum atomic E-state index is -0.877. The fraction of sp³-hybridized carbons (Fsp3) is 0.536. The topological polar surface area (TPSA) is 57.5 Å². The molecule has 5 rings (SSSR count). The lowest BCUT2D eigenvalue weighted by Gasteiger charge is -2.54. The third-order valence-corrected chi connectivity index (χ3v) is 8.93. The van der Waals surface area contributed by atoms with Crippen LogP contribution in [0.2, 0.25) is 0 Å². The molecule has 4 aliphatic carbocycles. The highest BCUT2D eigenvalue weighted by Crippen LogP contribution is 2.67. The lowest BCUT2D eigenvalue weighted by atomic mass is 9.51. The smallest absolute Gasteiger partial charge is 0.156 e. The second kappa shape index (κ2) is 7.56. The van der Waals surface area contributed by atoms with E-state index in [1.54, 1.807) is 11.6 Å². The summed E-state index contributed by atoms with van der Waals surface area (Å²) in [7, 11) is 0. The number of aliphatic hydroxyl groups is 2. The summed E-state index contributed by atoms with van der Waals surface area (Å²) in [5.74, 6) is 1.44. The van der Waals surface area contributed by atoms with Crippen molar-refractivity contribution in [3.63, 3.8) is 0 Å². The van der Waals surface area contributed by atoms with Crippen molar-refractivity contribution >= 4 is 5.78 Å². The van der Waals surface area contributed by atoms with Gasteiger partial charge in [0.2, 0.25) is 0 Å². The molecule has 0 aromatic heterocycles. The molecule has 164 valence electrons. The van der Waals surface area contributed by atoms with Crippen LogP contribution in [0.5, 0.6) is 0 Å². The van der Waals surface area contributed by atoms with E-state index in [1.165, 1.54) is 22.3 Å². The summed E-state index contributed by atoms with van der Waals surface area (Å²) < 4.78 is 0. The maximum Gasteiger partial charge on any atom is 0.156 e. The Morgan fingerprint density at radius 3 is 2.65 bits per heavy atom. The molecular formula is C28H34O3. The van der Waals surface area contributed by atoms with Gasteiger partial charge in [-0.05, 0) is 80.1 Å². The van der Waals surface area contributed by atoms with Gasteiger partial charge in [0, 0.05) is 17.8 Å². The number of hydrogen-bond acceptors (Lipinski definition) is 3. The first-order chi connectivity index (χ1) is 14.9. The Kier molecular flexibility index (Phi) is 5.10.